The SMILES string of the molecule is CC(O)COC(=O)c1ccc(NCCCCCCCCCCCS(=O)(=O)Nc2ccccc2)cc1. The van der Waals surface area contributed by atoms with Crippen molar-refractivity contribution in [3.63, 3.8) is 0 Å². The normalized spacial score (nSPS) is 12.2. The number of hydrogen-bond acceptors (Lipinski definition) is 6. The smallest absolute Gasteiger partial charge is 0.338 e. The molecule has 2 rings (SSSR count). The topological polar surface area (TPSA) is 105 Å². The number of esters is 1. The van der Waals surface area contributed by atoms with E-state index in [-0.39, 0.29) is 12.4 Å². The maximum absolute atomic E-state index is 12.1. The van der Waals surface area contributed by atoms with Crippen LogP contribution in [-0.2, 0) is 14.8 Å². The van der Waals surface area contributed by atoms with Gasteiger partial charge < -0.3 is 15.2 Å². The van der Waals surface area contributed by atoms with Crippen LogP contribution in [0.15, 0.2) is 54.6 Å². The monoisotopic (exact) mass is 504 g/mol. The van der Waals surface area contributed by atoms with E-state index >= 15 is 0 Å². The molecule has 2 aromatic rings. The Morgan fingerprint density at radius 1 is 0.829 bits per heavy atom. The first-order chi connectivity index (χ1) is 16.9. The quantitative estimate of drug-likeness (QED) is 0.181. The number of anilines is 2. The fraction of sp³-hybridized carbons (Fsp3) is 0.519. The Morgan fingerprint density at radius 2 is 1.40 bits per heavy atom. The predicted molar refractivity (Wildman–Crippen MR) is 142 cm³/mol. The number of unbranched alkanes of at least 4 members (excludes halogenated alkanes) is 8. The van der Waals surface area contributed by atoms with E-state index in [0.29, 0.717) is 17.7 Å². The average molecular weight is 505 g/mol. The molecule has 2 aromatic carbocycles. The number of carbonyl (C=O) groups is 1. The van der Waals surface area contributed by atoms with Crippen LogP contribution >= 0.6 is 0 Å². The molecule has 0 saturated carbocycles. The maximum atomic E-state index is 12.1. The van der Waals surface area contributed by atoms with Crippen molar-refractivity contribution in [1.82, 2.24) is 0 Å². The number of sulfonamides is 1. The third kappa shape index (κ3) is 13.2. The summed E-state index contributed by atoms with van der Waals surface area (Å²) in [6.45, 7) is 2.46. The van der Waals surface area contributed by atoms with E-state index in [4.69, 9.17) is 4.74 Å². The number of aliphatic hydroxyl groups is 1. The van der Waals surface area contributed by atoms with Gasteiger partial charge in [0.1, 0.15) is 6.61 Å². The first kappa shape index (κ1) is 28.7. The zero-order valence-electron chi connectivity index (χ0n) is 20.7. The van der Waals surface area contributed by atoms with Crippen molar-refractivity contribution in [2.75, 3.05) is 28.9 Å². The number of carbonyl (C=O) groups excluding carboxylic acids is 1. The summed E-state index contributed by atoms with van der Waals surface area (Å²) in [6.07, 6.45) is 9.04. The summed E-state index contributed by atoms with van der Waals surface area (Å²) < 4.78 is 31.8. The molecule has 194 valence electrons. The lowest BCUT2D eigenvalue weighted by Crippen LogP contribution is -2.16. The lowest BCUT2D eigenvalue weighted by atomic mass is 10.1. The van der Waals surface area contributed by atoms with Crippen LogP contribution < -0.4 is 10.0 Å². The van der Waals surface area contributed by atoms with Crippen molar-refractivity contribution in [2.45, 2.75) is 70.8 Å². The molecule has 1 unspecified atom stereocenters. The second-order valence-electron chi connectivity index (χ2n) is 8.92. The van der Waals surface area contributed by atoms with Gasteiger partial charge in [-0.3, -0.25) is 4.72 Å². The molecule has 0 fully saturated rings. The Morgan fingerprint density at radius 3 is 2.00 bits per heavy atom. The van der Waals surface area contributed by atoms with E-state index in [1.54, 1.807) is 31.2 Å². The van der Waals surface area contributed by atoms with Gasteiger partial charge in [-0.1, -0.05) is 63.1 Å². The predicted octanol–water partition coefficient (Wildman–Crippen LogP) is 5.59. The Hall–Kier alpha value is -2.58. The minimum Gasteiger partial charge on any atom is -0.459 e. The van der Waals surface area contributed by atoms with Gasteiger partial charge in [-0.05, 0) is 56.2 Å². The van der Waals surface area contributed by atoms with E-state index < -0.39 is 22.1 Å². The lowest BCUT2D eigenvalue weighted by molar-refractivity contribution is 0.0296. The van der Waals surface area contributed by atoms with E-state index in [0.717, 1.165) is 37.9 Å². The van der Waals surface area contributed by atoms with Gasteiger partial charge in [0.15, 0.2) is 0 Å². The molecule has 35 heavy (non-hydrogen) atoms. The van der Waals surface area contributed by atoms with E-state index in [2.05, 4.69) is 10.0 Å². The van der Waals surface area contributed by atoms with E-state index in [1.165, 1.54) is 25.7 Å². The van der Waals surface area contributed by atoms with Gasteiger partial charge in [0, 0.05) is 17.9 Å². The van der Waals surface area contributed by atoms with Crippen molar-refractivity contribution in [2.24, 2.45) is 0 Å². The molecule has 0 heterocycles. The van der Waals surface area contributed by atoms with Crippen molar-refractivity contribution >= 4 is 27.4 Å². The summed E-state index contributed by atoms with van der Waals surface area (Å²) in [5.74, 6) is -0.257. The number of para-hydroxylation sites is 1. The fourth-order valence-corrected chi connectivity index (χ4v) is 4.81. The molecule has 0 saturated heterocycles. The summed E-state index contributed by atoms with van der Waals surface area (Å²) in [5.41, 5.74) is 2.06. The number of rotatable bonds is 18. The van der Waals surface area contributed by atoms with Crippen molar-refractivity contribution in [3.05, 3.63) is 60.2 Å². The first-order valence-corrected chi connectivity index (χ1v) is 14.3. The van der Waals surface area contributed by atoms with Gasteiger partial charge in [-0.25, -0.2) is 13.2 Å². The first-order valence-electron chi connectivity index (χ1n) is 12.6. The third-order valence-corrected chi connectivity index (χ3v) is 6.92. The Kier molecular flexibility index (Phi) is 13.2. The highest BCUT2D eigenvalue weighted by atomic mass is 32.2. The summed E-state index contributed by atoms with van der Waals surface area (Å²) in [5, 5.41) is 12.5. The lowest BCUT2D eigenvalue weighted by Gasteiger charge is -2.09. The zero-order chi connectivity index (χ0) is 25.4. The highest BCUT2D eigenvalue weighted by molar-refractivity contribution is 7.92. The summed E-state index contributed by atoms with van der Waals surface area (Å²) in [4.78, 5) is 11.8. The maximum Gasteiger partial charge on any atom is 0.338 e. The van der Waals surface area contributed by atoms with Gasteiger partial charge in [0.25, 0.3) is 0 Å². The molecular formula is C27H40N2O5S. The molecule has 8 heteroatoms. The van der Waals surface area contributed by atoms with Crippen molar-refractivity contribution < 1.29 is 23.1 Å². The van der Waals surface area contributed by atoms with Gasteiger partial charge in [-0.15, -0.1) is 0 Å². The second kappa shape index (κ2) is 16.2. The standard InChI is InChI=1S/C27H40N2O5S/c1-23(30)22-34-27(31)24-16-18-25(19-17-24)28-20-12-7-5-3-2-4-6-8-13-21-35(32,33)29-26-14-10-9-11-15-26/h9-11,14-19,23,28-30H,2-8,12-13,20-22H2,1H3. The Balaban J connectivity index is 1.42. The van der Waals surface area contributed by atoms with Crippen LogP contribution in [0.25, 0.3) is 0 Å². The Bertz CT molecular complexity index is 947. The molecular weight excluding hydrogens is 464 g/mol. The van der Waals surface area contributed by atoms with Gasteiger partial charge in [0.2, 0.25) is 10.0 Å². The number of benzene rings is 2. The molecule has 0 amide bonds. The molecule has 0 aromatic heterocycles. The Labute approximate surface area is 210 Å². The number of ether oxygens (including phenoxy) is 1. The third-order valence-electron chi connectivity index (χ3n) is 5.54. The molecule has 0 aliphatic carbocycles. The van der Waals surface area contributed by atoms with Crippen molar-refractivity contribution in [1.29, 1.82) is 0 Å². The van der Waals surface area contributed by atoms with Crippen LogP contribution in [0.3, 0.4) is 0 Å². The summed E-state index contributed by atoms with van der Waals surface area (Å²) >= 11 is 0. The molecule has 0 bridgehead atoms. The second-order valence-corrected chi connectivity index (χ2v) is 10.8. The van der Waals surface area contributed by atoms with Gasteiger partial charge >= 0.3 is 5.97 Å². The zero-order valence-corrected chi connectivity index (χ0v) is 21.6. The minimum absolute atomic E-state index is 0.00390. The van der Waals surface area contributed by atoms with E-state index in [9.17, 15) is 18.3 Å². The molecule has 0 spiro atoms. The van der Waals surface area contributed by atoms with Crippen LogP contribution in [0.5, 0.6) is 0 Å². The molecule has 1 atom stereocenters. The fourth-order valence-electron chi connectivity index (χ4n) is 3.63. The van der Waals surface area contributed by atoms with Gasteiger partial charge in [0.05, 0.1) is 17.4 Å². The van der Waals surface area contributed by atoms with Crippen LogP contribution in [0.1, 0.15) is 75.1 Å². The minimum atomic E-state index is -3.26. The van der Waals surface area contributed by atoms with Crippen molar-refractivity contribution in [3.8, 4) is 0 Å². The highest BCUT2D eigenvalue weighted by Gasteiger charge is 2.10. The van der Waals surface area contributed by atoms with Crippen LogP contribution in [0.4, 0.5) is 11.4 Å². The molecule has 0 radical (unpaired) electrons. The van der Waals surface area contributed by atoms with Crippen LogP contribution in [0, 0.1) is 0 Å². The largest absolute Gasteiger partial charge is 0.459 e. The molecule has 3 N–H and O–H groups in total. The summed E-state index contributed by atoms with van der Waals surface area (Å²) in [7, 11) is -3.26. The highest BCUT2D eigenvalue weighted by Crippen LogP contribution is 2.14. The number of hydrogen-bond donors (Lipinski definition) is 3. The molecule has 7 nitrogen and oxygen atoms in total. The van der Waals surface area contributed by atoms with E-state index in [1.807, 2.05) is 30.3 Å². The number of aliphatic hydroxyl groups excluding tert-OH is 1. The van der Waals surface area contributed by atoms with Gasteiger partial charge in [-0.2, -0.15) is 0 Å². The van der Waals surface area contributed by atoms with Crippen LogP contribution in [0.2, 0.25) is 0 Å². The molecule has 0 aliphatic heterocycles. The summed E-state index contributed by atoms with van der Waals surface area (Å²) in [6, 6.07) is 16.2. The van der Waals surface area contributed by atoms with Crippen LogP contribution in [-0.4, -0.2) is 44.5 Å². The number of nitrogens with one attached hydrogen (secondary N) is 2. The average Bonchev–Trinajstić information content (AvgIpc) is 2.84. The molecule has 0 aliphatic rings.